The lowest BCUT2D eigenvalue weighted by Gasteiger charge is -2.39. The van der Waals surface area contributed by atoms with Crippen molar-refractivity contribution in [2.75, 3.05) is 38.9 Å². The lowest BCUT2D eigenvalue weighted by Crippen LogP contribution is -2.43. The molecule has 1 saturated carbocycles. The van der Waals surface area contributed by atoms with Crippen molar-refractivity contribution in [3.8, 4) is 0 Å². The number of likely N-dealkylation sites (tertiary alicyclic amines) is 2. The van der Waals surface area contributed by atoms with Gasteiger partial charge in [0, 0.05) is 31.6 Å². The molecule has 276 valence electrons. The zero-order valence-electron chi connectivity index (χ0n) is 31.0. The van der Waals surface area contributed by atoms with Gasteiger partial charge in [-0.25, -0.2) is 0 Å². The highest BCUT2D eigenvalue weighted by atomic mass is 31.2. The maximum atomic E-state index is 14.7. The van der Waals surface area contributed by atoms with Gasteiger partial charge in [-0.2, -0.15) is 0 Å². The number of hydrogen-bond acceptors (Lipinski definition) is 5. The summed E-state index contributed by atoms with van der Waals surface area (Å²) in [7, 11) is -3.38. The van der Waals surface area contributed by atoms with Gasteiger partial charge in [-0.3, -0.25) is 9.46 Å². The van der Waals surface area contributed by atoms with E-state index < -0.39 is 7.60 Å². The van der Waals surface area contributed by atoms with Crippen LogP contribution < -0.4 is 0 Å². The Balaban J connectivity index is 1.00. The van der Waals surface area contributed by atoms with Crippen LogP contribution in [-0.4, -0.2) is 54.7 Å². The third-order valence-electron chi connectivity index (χ3n) is 12.2. The standard InChI is InChI=1S/C46H59N2O3P/c49-52(50-35-40-18-7-2-8-19-40,51-36-41-20-9-3-10-21-41)37-43-26-13-14-27-46(43)48-33-44(45(34-48)42-24-11-4-12-25-42)32-47-30-28-39(29-31-47)23-15-22-38-16-5-1-6-17-38/h1-12,16-21,24-25,39,43-46H,13-15,22-23,26-37H2/t43?,44-,45+,46?/m0/s1. The van der Waals surface area contributed by atoms with Crippen LogP contribution in [0.1, 0.15) is 79.5 Å². The molecular weight excluding hydrogens is 659 g/mol. The minimum Gasteiger partial charge on any atom is -0.304 e. The summed E-state index contributed by atoms with van der Waals surface area (Å²) in [5.41, 5.74) is 4.99. The Labute approximate surface area is 313 Å². The summed E-state index contributed by atoms with van der Waals surface area (Å²) in [6, 6.07) is 42.8. The molecule has 7 rings (SSSR count). The van der Waals surface area contributed by atoms with Gasteiger partial charge in [-0.15, -0.1) is 0 Å². The summed E-state index contributed by atoms with van der Waals surface area (Å²) in [5.74, 6) is 2.25. The monoisotopic (exact) mass is 718 g/mol. The maximum Gasteiger partial charge on any atom is 0.331 e. The van der Waals surface area contributed by atoms with E-state index in [-0.39, 0.29) is 5.92 Å². The van der Waals surface area contributed by atoms with E-state index in [0.717, 1.165) is 43.0 Å². The minimum atomic E-state index is -3.38. The van der Waals surface area contributed by atoms with Crippen LogP contribution in [0.15, 0.2) is 121 Å². The highest BCUT2D eigenvalue weighted by Crippen LogP contribution is 2.54. The second-order valence-electron chi connectivity index (χ2n) is 15.8. The number of benzene rings is 4. The number of hydrogen-bond donors (Lipinski definition) is 0. The van der Waals surface area contributed by atoms with Gasteiger partial charge in [0.1, 0.15) is 0 Å². The number of rotatable bonds is 16. The zero-order chi connectivity index (χ0) is 35.4. The lowest BCUT2D eigenvalue weighted by molar-refractivity contribution is 0.115. The molecule has 5 nitrogen and oxygen atoms in total. The Morgan fingerprint density at radius 2 is 1.17 bits per heavy atom. The fourth-order valence-electron chi connectivity index (χ4n) is 9.27. The van der Waals surface area contributed by atoms with E-state index in [1.54, 1.807) is 0 Å². The average Bonchev–Trinajstić information content (AvgIpc) is 3.62. The van der Waals surface area contributed by atoms with E-state index in [0.29, 0.717) is 37.3 Å². The van der Waals surface area contributed by atoms with E-state index in [2.05, 4.69) is 70.5 Å². The Morgan fingerprint density at radius 1 is 0.615 bits per heavy atom. The molecule has 52 heavy (non-hydrogen) atoms. The molecule has 3 aliphatic rings. The van der Waals surface area contributed by atoms with E-state index in [1.165, 1.54) is 75.7 Å². The molecule has 1 aliphatic carbocycles. The van der Waals surface area contributed by atoms with Crippen LogP contribution in [-0.2, 0) is 33.2 Å². The first-order chi connectivity index (χ1) is 25.6. The predicted octanol–water partition coefficient (Wildman–Crippen LogP) is 10.6. The molecule has 6 heteroatoms. The van der Waals surface area contributed by atoms with E-state index in [4.69, 9.17) is 9.05 Å². The summed E-state index contributed by atoms with van der Waals surface area (Å²) < 4.78 is 27.4. The molecule has 4 atom stereocenters. The summed E-state index contributed by atoms with van der Waals surface area (Å²) >= 11 is 0. The molecule has 0 amide bonds. The Bertz CT molecular complexity index is 1600. The summed E-state index contributed by atoms with van der Waals surface area (Å²) in [6.45, 7) is 6.40. The Kier molecular flexibility index (Phi) is 13.5. The third-order valence-corrected chi connectivity index (χ3v) is 14.1. The van der Waals surface area contributed by atoms with Crippen LogP contribution in [0, 0.1) is 17.8 Å². The molecule has 0 N–H and O–H groups in total. The van der Waals surface area contributed by atoms with Crippen molar-refractivity contribution in [3.63, 3.8) is 0 Å². The molecule has 4 aromatic carbocycles. The van der Waals surface area contributed by atoms with Gasteiger partial charge >= 0.3 is 7.60 Å². The second kappa shape index (κ2) is 18.8. The van der Waals surface area contributed by atoms with Gasteiger partial charge in [0.25, 0.3) is 0 Å². The van der Waals surface area contributed by atoms with Gasteiger partial charge in [-0.1, -0.05) is 141 Å². The summed E-state index contributed by atoms with van der Waals surface area (Å²) in [6.07, 6.45) is 11.6. The molecule has 0 bridgehead atoms. The number of piperidine rings is 1. The van der Waals surface area contributed by atoms with Crippen molar-refractivity contribution in [1.82, 2.24) is 9.80 Å². The minimum absolute atomic E-state index is 0.285. The predicted molar refractivity (Wildman–Crippen MR) is 213 cm³/mol. The smallest absolute Gasteiger partial charge is 0.304 e. The van der Waals surface area contributed by atoms with Crippen LogP contribution in [0.5, 0.6) is 0 Å². The molecule has 0 spiro atoms. The molecule has 0 aromatic heterocycles. The SMILES string of the molecule is O=P(CC1CCCCC1N1C[C@H](CN2CCC(CCCc3ccccc3)CC2)[C@@H](c2ccccc2)C1)(OCc1ccccc1)OCc1ccccc1. The van der Waals surface area contributed by atoms with Crippen molar-refractivity contribution >= 4 is 7.60 Å². The second-order valence-corrected chi connectivity index (χ2v) is 17.9. The van der Waals surface area contributed by atoms with Gasteiger partial charge in [0.2, 0.25) is 0 Å². The van der Waals surface area contributed by atoms with Crippen molar-refractivity contribution in [3.05, 3.63) is 144 Å². The largest absolute Gasteiger partial charge is 0.331 e. The number of aryl methyl sites for hydroxylation is 1. The van der Waals surface area contributed by atoms with Crippen LogP contribution in [0.25, 0.3) is 0 Å². The number of nitrogens with zero attached hydrogens (tertiary/aromatic N) is 2. The summed E-state index contributed by atoms with van der Waals surface area (Å²) in [5, 5.41) is 0. The molecule has 2 saturated heterocycles. The maximum absolute atomic E-state index is 14.7. The molecule has 2 aliphatic heterocycles. The van der Waals surface area contributed by atoms with Crippen molar-refractivity contribution in [2.45, 2.75) is 83.0 Å². The van der Waals surface area contributed by atoms with Gasteiger partial charge in [-0.05, 0) is 91.6 Å². The first kappa shape index (κ1) is 37.3. The molecule has 4 aromatic rings. The average molecular weight is 719 g/mol. The Morgan fingerprint density at radius 3 is 1.79 bits per heavy atom. The van der Waals surface area contributed by atoms with Crippen LogP contribution in [0.3, 0.4) is 0 Å². The van der Waals surface area contributed by atoms with E-state index >= 15 is 0 Å². The van der Waals surface area contributed by atoms with Crippen LogP contribution in [0.2, 0.25) is 0 Å². The molecule has 0 radical (unpaired) electrons. The normalized spacial score (nSPS) is 23.5. The van der Waals surface area contributed by atoms with Crippen molar-refractivity contribution in [1.29, 1.82) is 0 Å². The van der Waals surface area contributed by atoms with Gasteiger partial charge < -0.3 is 13.9 Å². The first-order valence-corrected chi connectivity index (χ1v) is 21.8. The van der Waals surface area contributed by atoms with E-state index in [9.17, 15) is 4.57 Å². The fourth-order valence-corrected chi connectivity index (χ4v) is 11.3. The quantitative estimate of drug-likeness (QED) is 0.108. The van der Waals surface area contributed by atoms with Gasteiger partial charge in [0.05, 0.1) is 19.4 Å². The van der Waals surface area contributed by atoms with Crippen LogP contribution >= 0.6 is 7.60 Å². The molecule has 2 heterocycles. The zero-order valence-corrected chi connectivity index (χ0v) is 31.9. The van der Waals surface area contributed by atoms with Crippen molar-refractivity contribution in [2.24, 2.45) is 17.8 Å². The van der Waals surface area contributed by atoms with Gasteiger partial charge in [0.15, 0.2) is 0 Å². The molecular formula is C46H59N2O3P. The lowest BCUT2D eigenvalue weighted by atomic mass is 9.85. The highest BCUT2D eigenvalue weighted by Gasteiger charge is 2.43. The van der Waals surface area contributed by atoms with Crippen LogP contribution in [0.4, 0.5) is 0 Å². The third kappa shape index (κ3) is 10.5. The summed E-state index contributed by atoms with van der Waals surface area (Å²) in [4.78, 5) is 5.57. The molecule has 2 unspecified atom stereocenters. The van der Waals surface area contributed by atoms with E-state index in [1.807, 2.05) is 60.7 Å². The first-order valence-electron chi connectivity index (χ1n) is 20.1. The molecule has 3 fully saturated rings. The topological polar surface area (TPSA) is 42.0 Å². The fraction of sp³-hybridized carbons (Fsp3) is 0.478. The Hall–Kier alpha value is -3.05. The highest BCUT2D eigenvalue weighted by molar-refractivity contribution is 7.53. The van der Waals surface area contributed by atoms with Crippen molar-refractivity contribution < 1.29 is 13.6 Å².